The van der Waals surface area contributed by atoms with Gasteiger partial charge in [0.05, 0.1) is 0 Å². The van der Waals surface area contributed by atoms with Crippen LogP contribution in [0, 0.1) is 0 Å². The fraction of sp³-hybridized carbons (Fsp3) is 0.273. The van der Waals surface area contributed by atoms with E-state index in [1.54, 1.807) is 0 Å². The Bertz CT molecular complexity index is 132. The second-order valence-electron chi connectivity index (χ2n) is 2.36. The molecule has 0 aliphatic carbocycles. The van der Waals surface area contributed by atoms with E-state index in [1.807, 2.05) is 50.2 Å². The number of hydrogen-bond acceptors (Lipinski definition) is 0. The van der Waals surface area contributed by atoms with E-state index in [2.05, 4.69) is 6.58 Å². The molecule has 0 unspecified atom stereocenters. The van der Waals surface area contributed by atoms with Crippen LogP contribution in [0.15, 0.2) is 48.6 Å². The summed E-state index contributed by atoms with van der Waals surface area (Å²) in [4.78, 5) is 0. The summed E-state index contributed by atoms with van der Waals surface area (Å²) in [6.45, 7) is 7.50. The van der Waals surface area contributed by atoms with Gasteiger partial charge in [0, 0.05) is 0 Å². The van der Waals surface area contributed by atoms with Crippen LogP contribution in [0.25, 0.3) is 0 Å². The second kappa shape index (κ2) is 8.96. The standard InChI is InChI=1S/C6H6.C4H8.CH4/c1-2-4-6-5-3-1;1-4(2)3;/h1-6H;1H2,2-3H3;1H4. The van der Waals surface area contributed by atoms with Gasteiger partial charge in [-0.15, -0.1) is 6.58 Å². The molecule has 0 bridgehead atoms. The van der Waals surface area contributed by atoms with Gasteiger partial charge in [0.15, 0.2) is 0 Å². The minimum absolute atomic E-state index is 0. The maximum absolute atomic E-state index is 3.56. The summed E-state index contributed by atoms with van der Waals surface area (Å²) in [6.07, 6.45) is 0. The average Bonchev–Trinajstić information content (AvgIpc) is 1.90. The summed E-state index contributed by atoms with van der Waals surface area (Å²) >= 11 is 0. The zero-order valence-electron chi connectivity index (χ0n) is 6.67. The Morgan fingerprint density at radius 1 is 0.818 bits per heavy atom. The third kappa shape index (κ3) is 17.6. The van der Waals surface area contributed by atoms with Gasteiger partial charge in [-0.05, 0) is 13.8 Å². The fourth-order valence-corrected chi connectivity index (χ4v) is 0.385. The third-order valence-electron chi connectivity index (χ3n) is 0.667. The van der Waals surface area contributed by atoms with Crippen LogP contribution in [0.1, 0.15) is 21.3 Å². The molecule has 0 amide bonds. The average molecular weight is 150 g/mol. The number of hydrogen-bond donors (Lipinski definition) is 0. The molecule has 0 heteroatoms. The maximum Gasteiger partial charge on any atom is -0.0445 e. The van der Waals surface area contributed by atoms with Crippen molar-refractivity contribution in [2.45, 2.75) is 21.3 Å². The normalized spacial score (nSPS) is 6.73. The molecular formula is C11H18. The molecule has 1 rings (SSSR count). The lowest BCUT2D eigenvalue weighted by Gasteiger charge is -1.69. The molecule has 0 saturated carbocycles. The van der Waals surface area contributed by atoms with Crippen LogP contribution >= 0.6 is 0 Å². The van der Waals surface area contributed by atoms with Crippen LogP contribution in [-0.2, 0) is 0 Å². The molecule has 62 valence electrons. The third-order valence-corrected chi connectivity index (χ3v) is 0.667. The first-order chi connectivity index (χ1) is 4.73. The van der Waals surface area contributed by atoms with Crippen molar-refractivity contribution in [2.24, 2.45) is 0 Å². The maximum atomic E-state index is 3.56. The number of benzene rings is 1. The molecular weight excluding hydrogens is 132 g/mol. The van der Waals surface area contributed by atoms with E-state index in [0.29, 0.717) is 0 Å². The summed E-state index contributed by atoms with van der Waals surface area (Å²) in [5, 5.41) is 0. The SMILES string of the molecule is C.C=C(C)C.c1ccccc1. The van der Waals surface area contributed by atoms with Crippen molar-refractivity contribution in [3.8, 4) is 0 Å². The van der Waals surface area contributed by atoms with Gasteiger partial charge in [-0.3, -0.25) is 0 Å². The molecule has 0 aromatic heterocycles. The molecule has 0 atom stereocenters. The van der Waals surface area contributed by atoms with E-state index < -0.39 is 0 Å². The summed E-state index contributed by atoms with van der Waals surface area (Å²) in [6, 6.07) is 12.0. The van der Waals surface area contributed by atoms with E-state index >= 15 is 0 Å². The molecule has 0 radical (unpaired) electrons. The molecule has 0 aliphatic heterocycles. The zero-order chi connectivity index (χ0) is 7.82. The highest BCUT2D eigenvalue weighted by atomic mass is 13.6. The Labute approximate surface area is 70.6 Å². The summed E-state index contributed by atoms with van der Waals surface area (Å²) in [5.41, 5.74) is 1.17. The predicted octanol–water partition coefficient (Wildman–Crippen LogP) is 3.91. The lowest BCUT2D eigenvalue weighted by Crippen LogP contribution is -1.47. The summed E-state index contributed by atoms with van der Waals surface area (Å²) in [7, 11) is 0. The minimum Gasteiger partial charge on any atom is -0.100 e. The van der Waals surface area contributed by atoms with Gasteiger partial charge >= 0.3 is 0 Å². The van der Waals surface area contributed by atoms with E-state index in [9.17, 15) is 0 Å². The van der Waals surface area contributed by atoms with Gasteiger partial charge in [0.1, 0.15) is 0 Å². The smallest absolute Gasteiger partial charge is 0.0445 e. The minimum atomic E-state index is 0. The van der Waals surface area contributed by atoms with Crippen molar-refractivity contribution < 1.29 is 0 Å². The second-order valence-corrected chi connectivity index (χ2v) is 2.36. The fourth-order valence-electron chi connectivity index (χ4n) is 0.385. The van der Waals surface area contributed by atoms with Crippen LogP contribution < -0.4 is 0 Å². The molecule has 1 aromatic rings. The molecule has 0 heterocycles. The van der Waals surface area contributed by atoms with Crippen LogP contribution in [-0.4, -0.2) is 0 Å². The lowest BCUT2D eigenvalue weighted by molar-refractivity contribution is 1.42. The zero-order valence-corrected chi connectivity index (χ0v) is 6.67. The molecule has 0 saturated heterocycles. The van der Waals surface area contributed by atoms with Crippen LogP contribution in [0.2, 0.25) is 0 Å². The van der Waals surface area contributed by atoms with Crippen molar-refractivity contribution in [1.82, 2.24) is 0 Å². The quantitative estimate of drug-likeness (QED) is 0.492. The van der Waals surface area contributed by atoms with E-state index in [1.165, 1.54) is 5.57 Å². The highest BCUT2D eigenvalue weighted by molar-refractivity contribution is 4.99. The summed E-state index contributed by atoms with van der Waals surface area (Å²) in [5.74, 6) is 0. The number of allylic oxidation sites excluding steroid dienone is 1. The van der Waals surface area contributed by atoms with Crippen molar-refractivity contribution in [3.63, 3.8) is 0 Å². The molecule has 0 fully saturated rings. The Morgan fingerprint density at radius 3 is 1.00 bits per heavy atom. The van der Waals surface area contributed by atoms with Gasteiger partial charge in [-0.25, -0.2) is 0 Å². The van der Waals surface area contributed by atoms with Crippen molar-refractivity contribution >= 4 is 0 Å². The first-order valence-corrected chi connectivity index (χ1v) is 3.35. The Kier molecular flexibility index (Phi) is 10.3. The molecule has 0 N–H and O–H groups in total. The highest BCUT2D eigenvalue weighted by Crippen LogP contribution is 1.79. The monoisotopic (exact) mass is 150 g/mol. The Balaban J connectivity index is 0. The van der Waals surface area contributed by atoms with Crippen molar-refractivity contribution in [1.29, 1.82) is 0 Å². The molecule has 1 aromatic carbocycles. The largest absolute Gasteiger partial charge is 0.100 e. The van der Waals surface area contributed by atoms with E-state index in [0.717, 1.165) is 0 Å². The van der Waals surface area contributed by atoms with E-state index in [-0.39, 0.29) is 7.43 Å². The van der Waals surface area contributed by atoms with Crippen LogP contribution in [0.3, 0.4) is 0 Å². The Hall–Kier alpha value is -1.04. The first-order valence-electron chi connectivity index (χ1n) is 3.35. The predicted molar refractivity (Wildman–Crippen MR) is 53.7 cm³/mol. The molecule has 0 spiro atoms. The number of rotatable bonds is 0. The molecule has 0 nitrogen and oxygen atoms in total. The lowest BCUT2D eigenvalue weighted by atomic mass is 10.4. The van der Waals surface area contributed by atoms with Crippen molar-refractivity contribution in [2.75, 3.05) is 0 Å². The highest BCUT2D eigenvalue weighted by Gasteiger charge is 1.57. The molecule has 11 heavy (non-hydrogen) atoms. The van der Waals surface area contributed by atoms with Gasteiger partial charge in [-0.1, -0.05) is 49.4 Å². The van der Waals surface area contributed by atoms with Gasteiger partial charge < -0.3 is 0 Å². The Morgan fingerprint density at radius 2 is 0.909 bits per heavy atom. The van der Waals surface area contributed by atoms with E-state index in [4.69, 9.17) is 0 Å². The first kappa shape index (κ1) is 12.6. The van der Waals surface area contributed by atoms with Crippen molar-refractivity contribution in [3.05, 3.63) is 48.6 Å². The summed E-state index contributed by atoms with van der Waals surface area (Å²) < 4.78 is 0. The van der Waals surface area contributed by atoms with Gasteiger partial charge in [-0.2, -0.15) is 0 Å². The van der Waals surface area contributed by atoms with Gasteiger partial charge in [0.2, 0.25) is 0 Å². The molecule has 0 aliphatic rings. The topological polar surface area (TPSA) is 0 Å². The van der Waals surface area contributed by atoms with Gasteiger partial charge in [0.25, 0.3) is 0 Å². The van der Waals surface area contributed by atoms with Crippen LogP contribution in [0.5, 0.6) is 0 Å². The van der Waals surface area contributed by atoms with Crippen LogP contribution in [0.4, 0.5) is 0 Å².